The smallest absolute Gasteiger partial charge is 0.132 e. The summed E-state index contributed by atoms with van der Waals surface area (Å²) in [6.45, 7) is 5.67. The first kappa shape index (κ1) is 19.1. The van der Waals surface area contributed by atoms with Crippen LogP contribution in [0.5, 0.6) is 0 Å². The van der Waals surface area contributed by atoms with Crippen LogP contribution < -0.4 is 0 Å². The van der Waals surface area contributed by atoms with Gasteiger partial charge in [0.25, 0.3) is 0 Å². The lowest BCUT2D eigenvalue weighted by Crippen LogP contribution is -2.34. The van der Waals surface area contributed by atoms with Gasteiger partial charge in [-0.05, 0) is 36.1 Å². The van der Waals surface area contributed by atoms with E-state index in [1.54, 1.807) is 0 Å². The maximum absolute atomic E-state index is 4.57. The molecule has 146 valence electrons. The van der Waals surface area contributed by atoms with Gasteiger partial charge in [0.1, 0.15) is 11.7 Å². The molecule has 4 heteroatoms. The molecule has 1 heterocycles. The number of nitrogens with zero attached hydrogens (tertiary/aromatic N) is 4. The molecule has 29 heavy (non-hydrogen) atoms. The molecule has 0 amide bonds. The maximum Gasteiger partial charge on any atom is 0.132 e. The van der Waals surface area contributed by atoms with Crippen LogP contribution in [0.15, 0.2) is 97.6 Å². The van der Waals surface area contributed by atoms with Crippen molar-refractivity contribution < 1.29 is 0 Å². The van der Waals surface area contributed by atoms with Crippen LogP contribution in [0.3, 0.4) is 0 Å². The van der Waals surface area contributed by atoms with Crippen molar-refractivity contribution in [1.82, 2.24) is 19.9 Å². The van der Waals surface area contributed by atoms with E-state index in [9.17, 15) is 0 Å². The molecule has 4 rings (SSSR count). The molecular formula is C25H26N4. The normalized spacial score (nSPS) is 12.3. The second kappa shape index (κ2) is 9.30. The lowest BCUT2D eigenvalue weighted by atomic mass is 10.1. The molecule has 1 atom stereocenters. The molecule has 0 saturated heterocycles. The van der Waals surface area contributed by atoms with E-state index in [-0.39, 0.29) is 6.17 Å². The molecule has 1 unspecified atom stereocenters. The third-order valence-electron chi connectivity index (χ3n) is 5.13. The Morgan fingerprint density at radius 3 is 2.34 bits per heavy atom. The Bertz CT molecular complexity index is 1040. The molecule has 0 aliphatic carbocycles. The van der Waals surface area contributed by atoms with E-state index < -0.39 is 0 Å². The summed E-state index contributed by atoms with van der Waals surface area (Å²) in [5.74, 6) is 0. The minimum absolute atomic E-state index is 0.0337. The van der Waals surface area contributed by atoms with Gasteiger partial charge in [-0.1, -0.05) is 84.1 Å². The number of allylic oxidation sites excluding steroid dienone is 1. The van der Waals surface area contributed by atoms with Crippen molar-refractivity contribution >= 4 is 11.0 Å². The number of fused-ring (bicyclic) bond motifs is 1. The van der Waals surface area contributed by atoms with Crippen LogP contribution in [0.25, 0.3) is 11.0 Å². The van der Waals surface area contributed by atoms with Gasteiger partial charge in [-0.3, -0.25) is 4.90 Å². The molecule has 0 radical (unpaired) electrons. The zero-order valence-electron chi connectivity index (χ0n) is 16.6. The van der Waals surface area contributed by atoms with Crippen molar-refractivity contribution in [3.8, 4) is 0 Å². The lowest BCUT2D eigenvalue weighted by Gasteiger charge is -2.32. The zero-order valence-corrected chi connectivity index (χ0v) is 16.6. The highest BCUT2D eigenvalue weighted by Gasteiger charge is 2.25. The summed E-state index contributed by atoms with van der Waals surface area (Å²) in [6.07, 6.45) is 3.99. The topological polar surface area (TPSA) is 34.0 Å². The van der Waals surface area contributed by atoms with E-state index >= 15 is 0 Å². The van der Waals surface area contributed by atoms with Gasteiger partial charge in [-0.15, -0.1) is 11.7 Å². The third-order valence-corrected chi connectivity index (χ3v) is 5.13. The summed E-state index contributed by atoms with van der Waals surface area (Å²) in [4.78, 5) is 2.48. The van der Waals surface area contributed by atoms with Crippen LogP contribution in [0.1, 0.15) is 30.1 Å². The van der Waals surface area contributed by atoms with Crippen molar-refractivity contribution in [3.05, 3.63) is 109 Å². The predicted molar refractivity (Wildman–Crippen MR) is 118 cm³/mol. The Kier molecular flexibility index (Phi) is 6.13. The van der Waals surface area contributed by atoms with Crippen molar-refractivity contribution in [1.29, 1.82) is 0 Å². The highest BCUT2D eigenvalue weighted by atomic mass is 15.5. The van der Waals surface area contributed by atoms with Gasteiger partial charge < -0.3 is 0 Å². The largest absolute Gasteiger partial charge is 0.274 e. The standard InChI is InChI=1S/C25H26N4/c1-2-3-12-19-28(20-21-13-6-4-7-14-21)25(22-15-8-5-9-16-22)29-24-18-11-10-17-23(24)26-27-29/h2,4-11,13-18,25H,1,3,12,19-20H2. The fraction of sp³-hybridized carbons (Fsp3) is 0.200. The van der Waals surface area contributed by atoms with Gasteiger partial charge >= 0.3 is 0 Å². The van der Waals surface area contributed by atoms with E-state index in [0.717, 1.165) is 37.0 Å². The van der Waals surface area contributed by atoms with Gasteiger partial charge in [-0.25, -0.2) is 4.68 Å². The van der Waals surface area contributed by atoms with Crippen molar-refractivity contribution in [2.45, 2.75) is 25.6 Å². The second-order valence-corrected chi connectivity index (χ2v) is 7.19. The molecule has 0 spiro atoms. The second-order valence-electron chi connectivity index (χ2n) is 7.19. The van der Waals surface area contributed by atoms with Crippen molar-refractivity contribution in [2.24, 2.45) is 0 Å². The summed E-state index contributed by atoms with van der Waals surface area (Å²) in [7, 11) is 0. The average molecular weight is 383 g/mol. The monoisotopic (exact) mass is 382 g/mol. The number of benzene rings is 3. The van der Waals surface area contributed by atoms with Crippen LogP contribution in [-0.2, 0) is 6.54 Å². The minimum atomic E-state index is -0.0337. The maximum atomic E-state index is 4.57. The van der Waals surface area contributed by atoms with Gasteiger partial charge in [0.05, 0.1) is 5.52 Å². The number of para-hydroxylation sites is 1. The summed E-state index contributed by atoms with van der Waals surface area (Å²) in [5, 5.41) is 8.99. The molecule has 1 aromatic heterocycles. The first-order valence-corrected chi connectivity index (χ1v) is 10.1. The SMILES string of the molecule is C=CCCCN(Cc1ccccc1)C(c1ccccc1)n1nnc2ccccc21. The summed E-state index contributed by atoms with van der Waals surface area (Å²) in [6, 6.07) is 29.4. The molecule has 4 aromatic rings. The molecule has 0 aliphatic rings. The summed E-state index contributed by atoms with van der Waals surface area (Å²) in [5.41, 5.74) is 4.46. The zero-order chi connectivity index (χ0) is 19.9. The molecule has 0 N–H and O–H groups in total. The van der Waals surface area contributed by atoms with E-state index in [0.29, 0.717) is 0 Å². The third kappa shape index (κ3) is 4.44. The Labute approximate surface area is 172 Å². The fourth-order valence-corrected chi connectivity index (χ4v) is 3.74. The van der Waals surface area contributed by atoms with Crippen LogP contribution in [0.4, 0.5) is 0 Å². The average Bonchev–Trinajstić information content (AvgIpc) is 3.19. The summed E-state index contributed by atoms with van der Waals surface area (Å²) < 4.78 is 2.06. The molecule has 0 saturated carbocycles. The number of rotatable bonds is 9. The molecule has 4 nitrogen and oxygen atoms in total. The van der Waals surface area contributed by atoms with Crippen LogP contribution in [0.2, 0.25) is 0 Å². The summed E-state index contributed by atoms with van der Waals surface area (Å²) >= 11 is 0. The molecule has 0 bridgehead atoms. The Hall–Kier alpha value is -3.24. The molecule has 3 aromatic carbocycles. The van der Waals surface area contributed by atoms with Crippen molar-refractivity contribution in [2.75, 3.05) is 6.54 Å². The lowest BCUT2D eigenvalue weighted by molar-refractivity contribution is 0.151. The van der Waals surface area contributed by atoms with E-state index in [1.165, 1.54) is 11.1 Å². The van der Waals surface area contributed by atoms with Crippen LogP contribution in [-0.4, -0.2) is 26.4 Å². The number of hydrogen-bond acceptors (Lipinski definition) is 3. The van der Waals surface area contributed by atoms with Crippen molar-refractivity contribution in [3.63, 3.8) is 0 Å². The van der Waals surface area contributed by atoms with Crippen LogP contribution in [0, 0.1) is 0 Å². The van der Waals surface area contributed by atoms with Gasteiger partial charge in [0, 0.05) is 13.1 Å². The minimum Gasteiger partial charge on any atom is -0.274 e. The van der Waals surface area contributed by atoms with Crippen LogP contribution >= 0.6 is 0 Å². The van der Waals surface area contributed by atoms with Gasteiger partial charge in [0.2, 0.25) is 0 Å². The van der Waals surface area contributed by atoms with E-state index in [2.05, 4.69) is 93.2 Å². The van der Waals surface area contributed by atoms with E-state index in [1.807, 2.05) is 24.3 Å². The Morgan fingerprint density at radius 1 is 0.897 bits per heavy atom. The number of hydrogen-bond donors (Lipinski definition) is 0. The quantitative estimate of drug-likeness (QED) is 0.285. The number of aromatic nitrogens is 3. The predicted octanol–water partition coefficient (Wildman–Crippen LogP) is 5.45. The Morgan fingerprint density at radius 2 is 1.59 bits per heavy atom. The van der Waals surface area contributed by atoms with E-state index in [4.69, 9.17) is 0 Å². The first-order chi connectivity index (χ1) is 14.4. The highest BCUT2D eigenvalue weighted by molar-refractivity contribution is 5.74. The first-order valence-electron chi connectivity index (χ1n) is 10.1. The number of unbranched alkanes of at least 4 members (excludes halogenated alkanes) is 1. The Balaban J connectivity index is 1.78. The molecular weight excluding hydrogens is 356 g/mol. The highest BCUT2D eigenvalue weighted by Crippen LogP contribution is 2.28. The van der Waals surface area contributed by atoms with Gasteiger partial charge in [-0.2, -0.15) is 0 Å². The molecule has 0 aliphatic heterocycles. The van der Waals surface area contributed by atoms with Gasteiger partial charge in [0.15, 0.2) is 0 Å². The fourth-order valence-electron chi connectivity index (χ4n) is 3.74. The molecule has 0 fully saturated rings.